The van der Waals surface area contributed by atoms with Gasteiger partial charge in [-0.15, -0.1) is 0 Å². The van der Waals surface area contributed by atoms with Crippen LogP contribution in [0.5, 0.6) is 0 Å². The minimum atomic E-state index is -0.302. The molecule has 1 aliphatic rings. The fraction of sp³-hybridized carbons (Fsp3) is 0.529. The molecule has 0 bridgehead atoms. The van der Waals surface area contributed by atoms with Gasteiger partial charge in [-0.05, 0) is 55.2 Å². The van der Waals surface area contributed by atoms with Crippen LogP contribution in [-0.4, -0.2) is 26.2 Å². The molecule has 0 aromatic heterocycles. The van der Waals surface area contributed by atoms with E-state index in [1.165, 1.54) is 19.8 Å². The molecule has 0 aliphatic heterocycles. The molecule has 0 spiro atoms. The summed E-state index contributed by atoms with van der Waals surface area (Å²) < 4.78 is 9.43. The Balaban J connectivity index is 1.90. The van der Waals surface area contributed by atoms with Crippen LogP contribution in [0.4, 0.5) is 0 Å². The second kappa shape index (κ2) is 7.25. The first-order valence-electron chi connectivity index (χ1n) is 7.39. The van der Waals surface area contributed by atoms with Crippen molar-refractivity contribution < 1.29 is 19.1 Å². The number of esters is 2. The highest BCUT2D eigenvalue weighted by molar-refractivity contribution is 5.89. The lowest BCUT2D eigenvalue weighted by atomic mass is 9.77. The Morgan fingerprint density at radius 3 is 2.14 bits per heavy atom. The Hall–Kier alpha value is -1.84. The smallest absolute Gasteiger partial charge is 0.337 e. The fourth-order valence-electron chi connectivity index (χ4n) is 3.03. The number of rotatable bonds is 4. The molecule has 0 amide bonds. The highest BCUT2D eigenvalue weighted by Crippen LogP contribution is 2.37. The highest BCUT2D eigenvalue weighted by Gasteiger charge is 2.24. The first-order valence-corrected chi connectivity index (χ1v) is 7.39. The van der Waals surface area contributed by atoms with Gasteiger partial charge in [-0.3, -0.25) is 4.79 Å². The van der Waals surface area contributed by atoms with Crippen LogP contribution in [0.25, 0.3) is 0 Å². The van der Waals surface area contributed by atoms with Crippen molar-refractivity contribution in [1.29, 1.82) is 0 Å². The summed E-state index contributed by atoms with van der Waals surface area (Å²) in [4.78, 5) is 22.7. The molecular weight excluding hydrogens is 268 g/mol. The van der Waals surface area contributed by atoms with Crippen LogP contribution in [0.3, 0.4) is 0 Å². The molecule has 0 saturated heterocycles. The summed E-state index contributed by atoms with van der Waals surface area (Å²) in [6.07, 6.45) is 4.81. The van der Waals surface area contributed by atoms with Gasteiger partial charge in [0.25, 0.3) is 0 Å². The quantitative estimate of drug-likeness (QED) is 0.798. The molecule has 1 aromatic rings. The van der Waals surface area contributed by atoms with Crippen LogP contribution in [0.2, 0.25) is 0 Å². The van der Waals surface area contributed by atoms with Crippen LogP contribution in [0, 0.1) is 5.92 Å². The summed E-state index contributed by atoms with van der Waals surface area (Å²) in [5.41, 5.74) is 1.85. The van der Waals surface area contributed by atoms with Gasteiger partial charge in [0.15, 0.2) is 0 Å². The van der Waals surface area contributed by atoms with Crippen molar-refractivity contribution in [3.63, 3.8) is 0 Å². The summed E-state index contributed by atoms with van der Waals surface area (Å²) in [7, 11) is 2.83. The predicted molar refractivity (Wildman–Crippen MR) is 79.1 cm³/mol. The standard InChI is InChI=1S/C17H22O4/c1-20-16(18)11-12-3-5-13(6-4-12)14-7-9-15(10-8-14)17(19)21-2/h7-10,12-13H,3-6,11H2,1-2H3/t12-,13-. The molecule has 4 nitrogen and oxygen atoms in total. The molecule has 1 fully saturated rings. The Morgan fingerprint density at radius 1 is 1.00 bits per heavy atom. The van der Waals surface area contributed by atoms with Gasteiger partial charge >= 0.3 is 11.9 Å². The molecule has 114 valence electrons. The second-order valence-corrected chi connectivity index (χ2v) is 5.61. The van der Waals surface area contributed by atoms with E-state index in [0.717, 1.165) is 25.7 Å². The third-order valence-electron chi connectivity index (χ3n) is 4.33. The summed E-state index contributed by atoms with van der Waals surface area (Å²) in [5.74, 6) is 0.554. The average Bonchev–Trinajstić information content (AvgIpc) is 2.55. The van der Waals surface area contributed by atoms with Crippen molar-refractivity contribution in [3.05, 3.63) is 35.4 Å². The third kappa shape index (κ3) is 4.06. The Bertz CT molecular complexity index is 484. The Kier molecular flexibility index (Phi) is 5.37. The molecule has 0 unspecified atom stereocenters. The lowest BCUT2D eigenvalue weighted by Crippen LogP contribution is -2.17. The van der Waals surface area contributed by atoms with Gasteiger partial charge in [0.05, 0.1) is 19.8 Å². The van der Waals surface area contributed by atoms with Crippen LogP contribution >= 0.6 is 0 Å². The minimum Gasteiger partial charge on any atom is -0.469 e. The lowest BCUT2D eigenvalue weighted by molar-refractivity contribution is -0.142. The van der Waals surface area contributed by atoms with Gasteiger partial charge < -0.3 is 9.47 Å². The molecule has 21 heavy (non-hydrogen) atoms. The zero-order valence-electron chi connectivity index (χ0n) is 12.6. The van der Waals surface area contributed by atoms with Crippen LogP contribution in [-0.2, 0) is 14.3 Å². The van der Waals surface area contributed by atoms with Crippen molar-refractivity contribution >= 4 is 11.9 Å². The van der Waals surface area contributed by atoms with Gasteiger partial charge in [0.2, 0.25) is 0 Å². The van der Waals surface area contributed by atoms with Crippen molar-refractivity contribution in [2.45, 2.75) is 38.0 Å². The van der Waals surface area contributed by atoms with E-state index in [0.29, 0.717) is 23.8 Å². The summed E-state index contributed by atoms with van der Waals surface area (Å²) >= 11 is 0. The highest BCUT2D eigenvalue weighted by atomic mass is 16.5. The fourth-order valence-corrected chi connectivity index (χ4v) is 3.03. The van der Waals surface area contributed by atoms with E-state index in [1.54, 1.807) is 0 Å². The molecule has 2 rings (SSSR count). The van der Waals surface area contributed by atoms with Gasteiger partial charge in [0, 0.05) is 6.42 Å². The van der Waals surface area contributed by atoms with Gasteiger partial charge in [-0.1, -0.05) is 12.1 Å². The number of benzene rings is 1. The topological polar surface area (TPSA) is 52.6 Å². The number of ether oxygens (including phenoxy) is 2. The maximum absolute atomic E-state index is 11.4. The molecule has 1 aromatic carbocycles. The zero-order valence-corrected chi connectivity index (χ0v) is 12.6. The monoisotopic (exact) mass is 290 g/mol. The summed E-state index contributed by atoms with van der Waals surface area (Å²) in [6.45, 7) is 0. The van der Waals surface area contributed by atoms with Crippen molar-refractivity contribution in [2.75, 3.05) is 14.2 Å². The molecule has 4 heteroatoms. The van der Waals surface area contributed by atoms with E-state index in [2.05, 4.69) is 0 Å². The molecule has 0 atom stereocenters. The number of carbonyl (C=O) groups is 2. The third-order valence-corrected chi connectivity index (χ3v) is 4.33. The van der Waals surface area contributed by atoms with Crippen LogP contribution < -0.4 is 0 Å². The predicted octanol–water partition coefficient (Wildman–Crippen LogP) is 3.31. The molecule has 0 heterocycles. The largest absolute Gasteiger partial charge is 0.469 e. The lowest BCUT2D eigenvalue weighted by Gasteiger charge is -2.28. The maximum Gasteiger partial charge on any atom is 0.337 e. The number of hydrogen-bond acceptors (Lipinski definition) is 4. The second-order valence-electron chi connectivity index (χ2n) is 5.61. The zero-order chi connectivity index (χ0) is 15.2. The molecule has 1 aliphatic carbocycles. The van der Waals surface area contributed by atoms with E-state index in [9.17, 15) is 9.59 Å². The first-order chi connectivity index (χ1) is 10.1. The van der Waals surface area contributed by atoms with E-state index in [-0.39, 0.29) is 11.9 Å². The van der Waals surface area contributed by atoms with E-state index in [4.69, 9.17) is 9.47 Å². The molecular formula is C17H22O4. The number of carbonyl (C=O) groups excluding carboxylic acids is 2. The van der Waals surface area contributed by atoms with Gasteiger partial charge in [-0.25, -0.2) is 4.79 Å². The van der Waals surface area contributed by atoms with Crippen LogP contribution in [0.1, 0.15) is 53.9 Å². The first kappa shape index (κ1) is 15.5. The van der Waals surface area contributed by atoms with Crippen molar-refractivity contribution in [2.24, 2.45) is 5.92 Å². The van der Waals surface area contributed by atoms with Crippen LogP contribution in [0.15, 0.2) is 24.3 Å². The Morgan fingerprint density at radius 2 is 1.62 bits per heavy atom. The van der Waals surface area contributed by atoms with E-state index < -0.39 is 0 Å². The summed E-state index contributed by atoms with van der Waals surface area (Å²) in [5, 5.41) is 0. The van der Waals surface area contributed by atoms with E-state index >= 15 is 0 Å². The normalized spacial score (nSPS) is 21.6. The average molecular weight is 290 g/mol. The molecule has 1 saturated carbocycles. The molecule has 0 N–H and O–H groups in total. The van der Waals surface area contributed by atoms with Gasteiger partial charge in [-0.2, -0.15) is 0 Å². The number of hydrogen-bond donors (Lipinski definition) is 0. The van der Waals surface area contributed by atoms with Crippen molar-refractivity contribution in [1.82, 2.24) is 0 Å². The van der Waals surface area contributed by atoms with Gasteiger partial charge in [0.1, 0.15) is 0 Å². The Labute approximate surface area is 125 Å². The molecule has 0 radical (unpaired) electrons. The SMILES string of the molecule is COC(=O)C[C@H]1CC[C@H](c2ccc(C(=O)OC)cc2)CC1. The maximum atomic E-state index is 11.4. The van der Waals surface area contributed by atoms with Crippen molar-refractivity contribution in [3.8, 4) is 0 Å². The number of methoxy groups -OCH3 is 2. The summed E-state index contributed by atoms with van der Waals surface area (Å²) in [6, 6.07) is 7.67. The minimum absolute atomic E-state index is 0.110. The van der Waals surface area contributed by atoms with E-state index in [1.807, 2.05) is 24.3 Å².